The second-order valence-electron chi connectivity index (χ2n) is 7.32. The number of carbonyl (C=O) groups is 1. The molecule has 0 saturated carbocycles. The molecule has 0 radical (unpaired) electrons. The average molecular weight is 432 g/mol. The zero-order valence-corrected chi connectivity index (χ0v) is 17.3. The molecule has 1 saturated heterocycles. The van der Waals surface area contributed by atoms with Gasteiger partial charge in [0.15, 0.2) is 0 Å². The van der Waals surface area contributed by atoms with E-state index in [1.54, 1.807) is 24.3 Å². The van der Waals surface area contributed by atoms with Crippen LogP contribution in [0.5, 0.6) is 5.75 Å². The highest BCUT2D eigenvalue weighted by Gasteiger charge is 2.47. The smallest absolute Gasteiger partial charge is 0.302 e. The van der Waals surface area contributed by atoms with E-state index < -0.39 is 36.7 Å². The van der Waals surface area contributed by atoms with Crippen LogP contribution in [0.25, 0.3) is 0 Å². The van der Waals surface area contributed by atoms with E-state index >= 15 is 0 Å². The first-order valence-corrected chi connectivity index (χ1v) is 10.1. The van der Waals surface area contributed by atoms with Gasteiger partial charge >= 0.3 is 5.97 Å². The van der Waals surface area contributed by atoms with Crippen LogP contribution in [-0.4, -0.2) is 65.2 Å². The summed E-state index contributed by atoms with van der Waals surface area (Å²) in [6.07, 6.45) is -5.04. The molecule has 1 aliphatic rings. The standard InChI is InChI=1S/C23H28O8/c1-15(25)28-14-19-20(26)22(29-13-17-9-7-16(8-10-17)11-12-24)21(27)23(31-19)30-18-5-3-2-4-6-18/h2-10,19-24,26-27H,11-14H2,1H3/t19-,20-,21-,22+,23+/m1/s1. The predicted molar refractivity (Wildman–Crippen MR) is 110 cm³/mol. The van der Waals surface area contributed by atoms with E-state index in [1.807, 2.05) is 30.3 Å². The molecule has 0 unspecified atom stereocenters. The number of benzene rings is 2. The molecule has 8 nitrogen and oxygen atoms in total. The fraction of sp³-hybridized carbons (Fsp3) is 0.435. The molecule has 31 heavy (non-hydrogen) atoms. The molecule has 2 aromatic carbocycles. The Bertz CT molecular complexity index is 810. The Hall–Kier alpha value is -2.49. The molecule has 5 atom stereocenters. The minimum atomic E-state index is -1.28. The number of esters is 1. The molecule has 3 rings (SSSR count). The van der Waals surface area contributed by atoms with Crippen molar-refractivity contribution in [3.05, 3.63) is 65.7 Å². The van der Waals surface area contributed by atoms with Crippen LogP contribution in [-0.2, 0) is 32.0 Å². The third-order valence-electron chi connectivity index (χ3n) is 4.95. The van der Waals surface area contributed by atoms with Crippen LogP contribution in [0.15, 0.2) is 54.6 Å². The van der Waals surface area contributed by atoms with Crippen molar-refractivity contribution in [2.24, 2.45) is 0 Å². The number of aliphatic hydroxyl groups is 3. The molecule has 3 N–H and O–H groups in total. The number of aliphatic hydroxyl groups excluding tert-OH is 3. The summed E-state index contributed by atoms with van der Waals surface area (Å²) in [6.45, 7) is 1.27. The highest BCUT2D eigenvalue weighted by Crippen LogP contribution is 2.27. The Morgan fingerprint density at radius 2 is 1.68 bits per heavy atom. The number of carbonyl (C=O) groups excluding carboxylic acids is 1. The first-order valence-electron chi connectivity index (χ1n) is 10.1. The summed E-state index contributed by atoms with van der Waals surface area (Å²) in [4.78, 5) is 11.2. The summed E-state index contributed by atoms with van der Waals surface area (Å²) in [5, 5.41) is 30.5. The summed E-state index contributed by atoms with van der Waals surface area (Å²) in [7, 11) is 0. The quantitative estimate of drug-likeness (QED) is 0.507. The van der Waals surface area contributed by atoms with E-state index in [4.69, 9.17) is 24.1 Å². The van der Waals surface area contributed by atoms with Gasteiger partial charge in [0.1, 0.15) is 36.8 Å². The van der Waals surface area contributed by atoms with Crippen LogP contribution < -0.4 is 4.74 Å². The van der Waals surface area contributed by atoms with Crippen LogP contribution in [0, 0.1) is 0 Å². The highest BCUT2D eigenvalue weighted by molar-refractivity contribution is 5.65. The van der Waals surface area contributed by atoms with Gasteiger partial charge in [-0.15, -0.1) is 0 Å². The highest BCUT2D eigenvalue weighted by atomic mass is 16.7. The van der Waals surface area contributed by atoms with Crippen molar-refractivity contribution in [3.8, 4) is 5.75 Å². The van der Waals surface area contributed by atoms with Gasteiger partial charge in [-0.2, -0.15) is 0 Å². The molecule has 0 bridgehead atoms. The zero-order chi connectivity index (χ0) is 22.2. The van der Waals surface area contributed by atoms with Gasteiger partial charge in [0, 0.05) is 13.5 Å². The topological polar surface area (TPSA) is 115 Å². The molecule has 1 aliphatic heterocycles. The van der Waals surface area contributed by atoms with E-state index in [-0.39, 0.29) is 19.8 Å². The van der Waals surface area contributed by atoms with Crippen LogP contribution >= 0.6 is 0 Å². The Labute approximate surface area is 180 Å². The molecule has 1 fully saturated rings. The third kappa shape index (κ3) is 6.49. The van der Waals surface area contributed by atoms with E-state index in [1.165, 1.54) is 6.92 Å². The summed E-state index contributed by atoms with van der Waals surface area (Å²) in [5.41, 5.74) is 1.83. The van der Waals surface area contributed by atoms with Crippen molar-refractivity contribution in [2.45, 2.75) is 50.7 Å². The lowest BCUT2D eigenvalue weighted by molar-refractivity contribution is -0.288. The van der Waals surface area contributed by atoms with Gasteiger partial charge in [-0.3, -0.25) is 4.79 Å². The maximum absolute atomic E-state index is 11.2. The number of rotatable bonds is 9. The molecule has 0 spiro atoms. The van der Waals surface area contributed by atoms with E-state index in [9.17, 15) is 15.0 Å². The maximum Gasteiger partial charge on any atom is 0.302 e. The summed E-state index contributed by atoms with van der Waals surface area (Å²) in [6, 6.07) is 16.3. The Morgan fingerprint density at radius 3 is 2.32 bits per heavy atom. The van der Waals surface area contributed by atoms with Gasteiger partial charge in [-0.05, 0) is 29.7 Å². The second kappa shape index (κ2) is 11.2. The fourth-order valence-electron chi connectivity index (χ4n) is 3.29. The van der Waals surface area contributed by atoms with Crippen LogP contribution in [0.1, 0.15) is 18.1 Å². The van der Waals surface area contributed by atoms with E-state index in [2.05, 4.69) is 0 Å². The second-order valence-corrected chi connectivity index (χ2v) is 7.32. The van der Waals surface area contributed by atoms with Gasteiger partial charge < -0.3 is 34.3 Å². The molecular formula is C23H28O8. The van der Waals surface area contributed by atoms with Crippen molar-refractivity contribution in [3.63, 3.8) is 0 Å². The Balaban J connectivity index is 1.70. The number of hydrogen-bond donors (Lipinski definition) is 3. The monoisotopic (exact) mass is 432 g/mol. The fourth-order valence-corrected chi connectivity index (χ4v) is 3.29. The minimum Gasteiger partial charge on any atom is -0.463 e. The van der Waals surface area contributed by atoms with Crippen molar-refractivity contribution < 1.29 is 39.1 Å². The van der Waals surface area contributed by atoms with Crippen LogP contribution in [0.2, 0.25) is 0 Å². The summed E-state index contributed by atoms with van der Waals surface area (Å²) < 4.78 is 22.3. The van der Waals surface area contributed by atoms with Crippen LogP contribution in [0.3, 0.4) is 0 Å². The SMILES string of the molecule is CC(=O)OC[C@H]1O[C@H](Oc2ccccc2)[C@H](O)[C@@H](OCc2ccc(CCO)cc2)[C@@H]1O. The lowest BCUT2D eigenvalue weighted by Crippen LogP contribution is -2.61. The van der Waals surface area contributed by atoms with Crippen molar-refractivity contribution in [1.82, 2.24) is 0 Å². The number of hydrogen-bond acceptors (Lipinski definition) is 8. The summed E-state index contributed by atoms with van der Waals surface area (Å²) >= 11 is 0. The van der Waals surface area contributed by atoms with E-state index in [0.717, 1.165) is 11.1 Å². The van der Waals surface area contributed by atoms with Crippen molar-refractivity contribution >= 4 is 5.97 Å². The van der Waals surface area contributed by atoms with Gasteiger partial charge in [0.25, 0.3) is 0 Å². The molecule has 0 amide bonds. The Kier molecular flexibility index (Phi) is 8.39. The van der Waals surface area contributed by atoms with Gasteiger partial charge in [-0.1, -0.05) is 42.5 Å². The largest absolute Gasteiger partial charge is 0.463 e. The molecule has 1 heterocycles. The normalized spacial score (nSPS) is 25.7. The van der Waals surface area contributed by atoms with E-state index in [0.29, 0.717) is 12.2 Å². The van der Waals surface area contributed by atoms with Crippen molar-refractivity contribution in [1.29, 1.82) is 0 Å². The zero-order valence-electron chi connectivity index (χ0n) is 17.3. The molecule has 168 valence electrons. The minimum absolute atomic E-state index is 0.0723. The number of para-hydroxylation sites is 1. The molecule has 0 aromatic heterocycles. The molecule has 0 aliphatic carbocycles. The van der Waals surface area contributed by atoms with Gasteiger partial charge in [-0.25, -0.2) is 0 Å². The molecule has 2 aromatic rings. The van der Waals surface area contributed by atoms with Gasteiger partial charge in [0.2, 0.25) is 6.29 Å². The maximum atomic E-state index is 11.2. The lowest BCUT2D eigenvalue weighted by Gasteiger charge is -2.41. The third-order valence-corrected chi connectivity index (χ3v) is 4.95. The predicted octanol–water partition coefficient (Wildman–Crippen LogP) is 1.20. The first kappa shape index (κ1) is 23.2. The lowest BCUT2D eigenvalue weighted by atomic mass is 9.98. The number of ether oxygens (including phenoxy) is 4. The molecule has 8 heteroatoms. The molecular weight excluding hydrogens is 404 g/mol. The van der Waals surface area contributed by atoms with Crippen LogP contribution in [0.4, 0.5) is 0 Å². The average Bonchev–Trinajstić information content (AvgIpc) is 2.76. The van der Waals surface area contributed by atoms with Crippen molar-refractivity contribution in [2.75, 3.05) is 13.2 Å². The summed E-state index contributed by atoms with van der Waals surface area (Å²) in [5.74, 6) is -0.0321. The first-order chi connectivity index (χ1) is 15.0. The Morgan fingerprint density at radius 1 is 1.00 bits per heavy atom. The van der Waals surface area contributed by atoms with Gasteiger partial charge in [0.05, 0.1) is 6.61 Å².